The first-order chi connectivity index (χ1) is 13.1. The molecule has 5 nitrogen and oxygen atoms in total. The van der Waals surface area contributed by atoms with Crippen molar-refractivity contribution < 1.29 is 9.18 Å². The predicted octanol–water partition coefficient (Wildman–Crippen LogP) is 5.38. The number of benzene rings is 3. The molecule has 0 atom stereocenters. The van der Waals surface area contributed by atoms with Crippen molar-refractivity contribution in [2.45, 2.75) is 6.92 Å². The molecule has 27 heavy (non-hydrogen) atoms. The fourth-order valence-corrected chi connectivity index (χ4v) is 3.00. The highest BCUT2D eigenvalue weighted by atomic mass is 19.1. The number of para-hydroxylation sites is 1. The number of anilines is 3. The monoisotopic (exact) mass is 360 g/mol. The van der Waals surface area contributed by atoms with Crippen molar-refractivity contribution in [1.82, 2.24) is 10.2 Å². The molecular weight excluding hydrogens is 343 g/mol. The first-order valence-corrected chi connectivity index (χ1v) is 8.48. The molecule has 6 heteroatoms. The number of aromatic amines is 1. The Morgan fingerprint density at radius 1 is 1.07 bits per heavy atom. The zero-order valence-electron chi connectivity index (χ0n) is 14.6. The van der Waals surface area contributed by atoms with E-state index in [9.17, 15) is 9.18 Å². The molecule has 0 fully saturated rings. The van der Waals surface area contributed by atoms with E-state index in [1.165, 1.54) is 11.0 Å². The first-order valence-electron chi connectivity index (χ1n) is 8.48. The van der Waals surface area contributed by atoms with Gasteiger partial charge in [-0.05, 0) is 48.9 Å². The molecule has 0 bridgehead atoms. The number of aromatic nitrogens is 2. The smallest absolute Gasteiger partial charge is 0.304 e. The van der Waals surface area contributed by atoms with E-state index in [2.05, 4.69) is 15.5 Å². The van der Waals surface area contributed by atoms with Gasteiger partial charge < -0.3 is 5.32 Å². The summed E-state index contributed by atoms with van der Waals surface area (Å²) in [5.74, 6) is -0.483. The molecule has 4 rings (SSSR count). The van der Waals surface area contributed by atoms with E-state index < -0.39 is 11.8 Å². The minimum atomic E-state index is -0.483. The number of nitrogens with one attached hydrogen (secondary N) is 2. The number of carbonyl (C=O) groups excluding carboxylic acids is 1. The number of halogens is 1. The summed E-state index contributed by atoms with van der Waals surface area (Å²) in [6, 6.07) is 18.9. The van der Waals surface area contributed by atoms with Gasteiger partial charge in [0.05, 0.1) is 28.8 Å². The Labute approximate surface area is 155 Å². The fraction of sp³-hybridized carbons (Fsp3) is 0.0476. The molecule has 0 spiro atoms. The number of hydrogen-bond donors (Lipinski definition) is 2. The third kappa shape index (κ3) is 3.25. The largest absolute Gasteiger partial charge is 0.331 e. The summed E-state index contributed by atoms with van der Waals surface area (Å²) in [5.41, 5.74) is 3.12. The van der Waals surface area contributed by atoms with Gasteiger partial charge in [-0.3, -0.25) is 10.00 Å². The quantitative estimate of drug-likeness (QED) is 0.515. The molecule has 0 aliphatic heterocycles. The van der Waals surface area contributed by atoms with Crippen molar-refractivity contribution >= 4 is 34.0 Å². The number of aryl methyl sites for hydroxylation is 1. The van der Waals surface area contributed by atoms with Crippen molar-refractivity contribution in [3.05, 3.63) is 84.3 Å². The maximum atomic E-state index is 14.2. The number of rotatable bonds is 3. The van der Waals surface area contributed by atoms with Crippen molar-refractivity contribution in [2.24, 2.45) is 0 Å². The summed E-state index contributed by atoms with van der Waals surface area (Å²) in [5, 5.41) is 10.4. The van der Waals surface area contributed by atoms with Crippen LogP contribution in [-0.2, 0) is 0 Å². The molecule has 0 aliphatic carbocycles. The second-order valence-electron chi connectivity index (χ2n) is 6.19. The number of urea groups is 1. The van der Waals surface area contributed by atoms with Gasteiger partial charge in [0.1, 0.15) is 5.82 Å². The van der Waals surface area contributed by atoms with Gasteiger partial charge in [-0.2, -0.15) is 5.10 Å². The molecule has 0 unspecified atom stereocenters. The molecule has 134 valence electrons. The highest BCUT2D eigenvalue weighted by Crippen LogP contribution is 2.32. The molecule has 0 radical (unpaired) electrons. The Kier molecular flexibility index (Phi) is 4.30. The molecular formula is C21H17FN4O. The lowest BCUT2D eigenvalue weighted by Crippen LogP contribution is -2.31. The van der Waals surface area contributed by atoms with E-state index in [4.69, 9.17) is 0 Å². The van der Waals surface area contributed by atoms with Crippen LogP contribution in [0.25, 0.3) is 10.9 Å². The summed E-state index contributed by atoms with van der Waals surface area (Å²) in [4.78, 5) is 14.7. The normalized spacial score (nSPS) is 10.7. The number of H-pyrrole nitrogens is 1. The van der Waals surface area contributed by atoms with Crippen LogP contribution in [-0.4, -0.2) is 16.2 Å². The summed E-state index contributed by atoms with van der Waals surface area (Å²) in [6.45, 7) is 1.84. The van der Waals surface area contributed by atoms with Crippen molar-refractivity contribution in [3.8, 4) is 0 Å². The third-order valence-electron chi connectivity index (χ3n) is 4.28. The Bertz CT molecular complexity index is 1110. The van der Waals surface area contributed by atoms with Crippen LogP contribution in [0.15, 0.2) is 72.9 Å². The van der Waals surface area contributed by atoms with Gasteiger partial charge in [0.25, 0.3) is 0 Å². The summed E-state index contributed by atoms with van der Waals surface area (Å²) in [7, 11) is 0. The second kappa shape index (κ2) is 6.92. The summed E-state index contributed by atoms with van der Waals surface area (Å²) >= 11 is 0. The zero-order valence-corrected chi connectivity index (χ0v) is 14.6. The van der Waals surface area contributed by atoms with Gasteiger partial charge in [0, 0.05) is 5.39 Å². The second-order valence-corrected chi connectivity index (χ2v) is 6.19. The molecule has 1 aromatic heterocycles. The Balaban J connectivity index is 1.80. The SMILES string of the molecule is Cc1ccc(F)c(NC(=O)N(c2ccccc2)c2cccc3[nH]ncc23)c1. The molecule has 2 N–H and O–H groups in total. The van der Waals surface area contributed by atoms with E-state index in [1.807, 2.05) is 55.5 Å². The van der Waals surface area contributed by atoms with Crippen LogP contribution >= 0.6 is 0 Å². The average molecular weight is 360 g/mol. The molecule has 2 amide bonds. The Morgan fingerprint density at radius 3 is 2.70 bits per heavy atom. The zero-order chi connectivity index (χ0) is 18.8. The number of carbonyl (C=O) groups is 1. The maximum Gasteiger partial charge on any atom is 0.331 e. The number of amides is 2. The van der Waals surface area contributed by atoms with Crippen LogP contribution < -0.4 is 10.2 Å². The molecule has 0 aliphatic rings. The van der Waals surface area contributed by atoms with Crippen LogP contribution in [0.5, 0.6) is 0 Å². The van der Waals surface area contributed by atoms with Gasteiger partial charge in [0.15, 0.2) is 0 Å². The first kappa shape index (κ1) is 16.8. The minimum Gasteiger partial charge on any atom is -0.304 e. The minimum absolute atomic E-state index is 0.139. The highest BCUT2D eigenvalue weighted by molar-refractivity contribution is 6.11. The fourth-order valence-electron chi connectivity index (χ4n) is 3.00. The lowest BCUT2D eigenvalue weighted by molar-refractivity contribution is 0.259. The van der Waals surface area contributed by atoms with E-state index in [-0.39, 0.29) is 5.69 Å². The van der Waals surface area contributed by atoms with Crippen molar-refractivity contribution in [1.29, 1.82) is 0 Å². The van der Waals surface area contributed by atoms with Crippen LogP contribution in [0.1, 0.15) is 5.56 Å². The standard InChI is InChI=1S/C21H17FN4O/c1-14-10-11-17(22)19(12-14)24-21(27)26(15-6-3-2-4-7-15)20-9-5-8-18-16(20)13-23-25-18/h2-13H,1H3,(H,23,25)(H,24,27). The number of fused-ring (bicyclic) bond motifs is 1. The molecule has 0 saturated heterocycles. The average Bonchev–Trinajstić information content (AvgIpc) is 3.15. The summed E-state index contributed by atoms with van der Waals surface area (Å²) in [6.07, 6.45) is 1.67. The van der Waals surface area contributed by atoms with Gasteiger partial charge in [-0.15, -0.1) is 0 Å². The Morgan fingerprint density at radius 2 is 1.89 bits per heavy atom. The predicted molar refractivity (Wildman–Crippen MR) is 105 cm³/mol. The van der Waals surface area contributed by atoms with Gasteiger partial charge >= 0.3 is 6.03 Å². The van der Waals surface area contributed by atoms with E-state index >= 15 is 0 Å². The van der Waals surface area contributed by atoms with E-state index in [0.717, 1.165) is 16.5 Å². The van der Waals surface area contributed by atoms with Gasteiger partial charge in [0.2, 0.25) is 0 Å². The molecule has 3 aromatic carbocycles. The molecule has 1 heterocycles. The molecule has 0 saturated carbocycles. The Hall–Kier alpha value is -3.67. The van der Waals surface area contributed by atoms with Crippen molar-refractivity contribution in [3.63, 3.8) is 0 Å². The van der Waals surface area contributed by atoms with Crippen molar-refractivity contribution in [2.75, 3.05) is 10.2 Å². The van der Waals surface area contributed by atoms with E-state index in [1.54, 1.807) is 18.3 Å². The van der Waals surface area contributed by atoms with Crippen LogP contribution in [0, 0.1) is 12.7 Å². The number of hydrogen-bond acceptors (Lipinski definition) is 2. The third-order valence-corrected chi connectivity index (χ3v) is 4.28. The van der Waals surface area contributed by atoms with Gasteiger partial charge in [-0.1, -0.05) is 30.3 Å². The molecule has 4 aromatic rings. The van der Waals surface area contributed by atoms with Crippen LogP contribution in [0.2, 0.25) is 0 Å². The number of nitrogens with zero attached hydrogens (tertiary/aromatic N) is 2. The highest BCUT2D eigenvalue weighted by Gasteiger charge is 2.21. The lowest BCUT2D eigenvalue weighted by atomic mass is 10.1. The topological polar surface area (TPSA) is 61.0 Å². The van der Waals surface area contributed by atoms with Crippen LogP contribution in [0.3, 0.4) is 0 Å². The summed E-state index contributed by atoms with van der Waals surface area (Å²) < 4.78 is 14.2. The van der Waals surface area contributed by atoms with Crippen LogP contribution in [0.4, 0.5) is 26.2 Å². The maximum absolute atomic E-state index is 14.2. The van der Waals surface area contributed by atoms with Gasteiger partial charge in [-0.25, -0.2) is 9.18 Å². The van der Waals surface area contributed by atoms with E-state index in [0.29, 0.717) is 11.4 Å². The lowest BCUT2D eigenvalue weighted by Gasteiger charge is -2.24.